The van der Waals surface area contributed by atoms with Gasteiger partial charge >= 0.3 is 0 Å². The number of nitrogens with zero attached hydrogens (tertiary/aromatic N) is 2. The molecular weight excluding hydrogens is 258 g/mol. The Bertz CT molecular complexity index is 526. The quantitative estimate of drug-likeness (QED) is 0.852. The third-order valence-corrected chi connectivity index (χ3v) is 2.96. The Morgan fingerprint density at radius 1 is 1.40 bits per heavy atom. The van der Waals surface area contributed by atoms with E-state index in [1.165, 1.54) is 4.90 Å². The molecule has 0 atom stereocenters. The Morgan fingerprint density at radius 3 is 2.80 bits per heavy atom. The van der Waals surface area contributed by atoms with Crippen molar-refractivity contribution in [1.82, 2.24) is 10.2 Å². The van der Waals surface area contributed by atoms with Crippen molar-refractivity contribution < 1.29 is 14.3 Å². The second-order valence-electron chi connectivity index (χ2n) is 4.60. The molecule has 0 saturated heterocycles. The molecule has 1 amide bonds. The predicted octanol–water partition coefficient (Wildman–Crippen LogP) is 0.512. The van der Waals surface area contributed by atoms with Gasteiger partial charge in [0, 0.05) is 26.2 Å². The highest BCUT2D eigenvalue weighted by molar-refractivity contribution is 6.00. The molecular formula is C14H19N3O3. The molecule has 2 rings (SSSR count). The molecule has 0 radical (unpaired) electrons. The molecule has 1 aromatic carbocycles. The molecule has 0 fully saturated rings. The zero-order valence-corrected chi connectivity index (χ0v) is 12.0. The molecule has 6 heteroatoms. The van der Waals surface area contributed by atoms with Crippen LogP contribution < -0.4 is 14.8 Å². The van der Waals surface area contributed by atoms with Crippen molar-refractivity contribution in [2.75, 3.05) is 40.9 Å². The van der Waals surface area contributed by atoms with Gasteiger partial charge in [0.2, 0.25) is 0 Å². The first-order valence-corrected chi connectivity index (χ1v) is 6.41. The third kappa shape index (κ3) is 3.20. The fourth-order valence-corrected chi connectivity index (χ4v) is 1.79. The van der Waals surface area contributed by atoms with Crippen LogP contribution in [-0.4, -0.2) is 57.5 Å². The zero-order valence-electron chi connectivity index (χ0n) is 12.0. The van der Waals surface area contributed by atoms with E-state index < -0.39 is 0 Å². The van der Waals surface area contributed by atoms with Crippen LogP contribution >= 0.6 is 0 Å². The van der Waals surface area contributed by atoms with Crippen LogP contribution in [0, 0.1) is 0 Å². The van der Waals surface area contributed by atoms with Gasteiger partial charge in [0.25, 0.3) is 5.91 Å². The first-order chi connectivity index (χ1) is 9.61. The maximum Gasteiger partial charge on any atom is 0.259 e. The van der Waals surface area contributed by atoms with Crippen molar-refractivity contribution in [2.24, 2.45) is 4.99 Å². The molecule has 0 bridgehead atoms. The highest BCUT2D eigenvalue weighted by Crippen LogP contribution is 2.28. The number of amidine groups is 1. The Kier molecular flexibility index (Phi) is 4.45. The summed E-state index contributed by atoms with van der Waals surface area (Å²) < 4.78 is 10.8. The summed E-state index contributed by atoms with van der Waals surface area (Å²) in [5.74, 6) is 1.90. The standard InChI is InChI=1S/C14H19N3O3/c1-17(2)13(18)9-20-11-5-4-10(8-12(11)19-3)14-15-6-7-16-14/h4-5,8H,6-7,9H2,1-3H3,(H,15,16). The molecule has 0 spiro atoms. The molecule has 1 aliphatic rings. The van der Waals surface area contributed by atoms with Gasteiger partial charge in [-0.2, -0.15) is 0 Å². The van der Waals surface area contributed by atoms with Crippen molar-refractivity contribution in [3.63, 3.8) is 0 Å². The van der Waals surface area contributed by atoms with Crippen LogP contribution in [0.3, 0.4) is 0 Å². The van der Waals surface area contributed by atoms with Gasteiger partial charge in [-0.15, -0.1) is 0 Å². The van der Waals surface area contributed by atoms with E-state index in [9.17, 15) is 4.79 Å². The van der Waals surface area contributed by atoms with Gasteiger partial charge in [-0.1, -0.05) is 0 Å². The van der Waals surface area contributed by atoms with Crippen molar-refractivity contribution in [2.45, 2.75) is 0 Å². The fraction of sp³-hybridized carbons (Fsp3) is 0.429. The molecule has 0 unspecified atom stereocenters. The summed E-state index contributed by atoms with van der Waals surface area (Å²) in [5, 5.41) is 3.20. The number of benzene rings is 1. The van der Waals surface area contributed by atoms with E-state index in [0.29, 0.717) is 11.5 Å². The van der Waals surface area contributed by atoms with Crippen molar-refractivity contribution in [1.29, 1.82) is 0 Å². The smallest absolute Gasteiger partial charge is 0.259 e. The number of methoxy groups -OCH3 is 1. The van der Waals surface area contributed by atoms with E-state index in [2.05, 4.69) is 10.3 Å². The van der Waals surface area contributed by atoms with Gasteiger partial charge in [-0.25, -0.2) is 0 Å². The van der Waals surface area contributed by atoms with E-state index in [-0.39, 0.29) is 12.5 Å². The second-order valence-corrected chi connectivity index (χ2v) is 4.60. The number of carbonyl (C=O) groups excluding carboxylic acids is 1. The molecule has 1 aromatic rings. The van der Waals surface area contributed by atoms with Gasteiger partial charge in [0.05, 0.1) is 13.7 Å². The minimum atomic E-state index is -0.0991. The Hall–Kier alpha value is -2.24. The molecule has 1 heterocycles. The summed E-state index contributed by atoms with van der Waals surface area (Å²) in [6, 6.07) is 5.54. The van der Waals surface area contributed by atoms with Crippen LogP contribution in [0.1, 0.15) is 5.56 Å². The van der Waals surface area contributed by atoms with Gasteiger partial charge in [0.1, 0.15) is 5.84 Å². The molecule has 0 aliphatic carbocycles. The average molecular weight is 277 g/mol. The van der Waals surface area contributed by atoms with E-state index in [4.69, 9.17) is 9.47 Å². The molecule has 1 N–H and O–H groups in total. The predicted molar refractivity (Wildman–Crippen MR) is 76.6 cm³/mol. The number of rotatable bonds is 5. The third-order valence-electron chi connectivity index (χ3n) is 2.96. The minimum absolute atomic E-state index is 0.0120. The first-order valence-electron chi connectivity index (χ1n) is 6.41. The number of aliphatic imine (C=N–C) groups is 1. The molecule has 6 nitrogen and oxygen atoms in total. The number of ether oxygens (including phenoxy) is 2. The Balaban J connectivity index is 2.11. The summed E-state index contributed by atoms with van der Waals surface area (Å²) >= 11 is 0. The maximum atomic E-state index is 11.5. The molecule has 0 aromatic heterocycles. The zero-order chi connectivity index (χ0) is 14.5. The number of nitrogens with one attached hydrogen (secondary N) is 1. The van der Waals surface area contributed by atoms with Crippen LogP contribution in [0.4, 0.5) is 0 Å². The minimum Gasteiger partial charge on any atom is -0.493 e. The van der Waals surface area contributed by atoms with Gasteiger partial charge in [-0.3, -0.25) is 9.79 Å². The maximum absolute atomic E-state index is 11.5. The molecule has 0 saturated carbocycles. The summed E-state index contributed by atoms with van der Waals surface area (Å²) in [4.78, 5) is 17.4. The van der Waals surface area contributed by atoms with E-state index in [0.717, 1.165) is 24.5 Å². The number of carbonyl (C=O) groups is 1. The van der Waals surface area contributed by atoms with Crippen molar-refractivity contribution in [3.8, 4) is 11.5 Å². The van der Waals surface area contributed by atoms with Gasteiger partial charge in [-0.05, 0) is 18.2 Å². The fourth-order valence-electron chi connectivity index (χ4n) is 1.79. The van der Waals surface area contributed by atoms with Crippen LogP contribution in [-0.2, 0) is 4.79 Å². The van der Waals surface area contributed by atoms with Crippen molar-refractivity contribution in [3.05, 3.63) is 23.8 Å². The molecule has 20 heavy (non-hydrogen) atoms. The van der Waals surface area contributed by atoms with Crippen LogP contribution in [0.25, 0.3) is 0 Å². The highest BCUT2D eigenvalue weighted by Gasteiger charge is 2.13. The number of hydrogen-bond acceptors (Lipinski definition) is 5. The number of amides is 1. The largest absolute Gasteiger partial charge is 0.493 e. The van der Waals surface area contributed by atoms with Crippen molar-refractivity contribution >= 4 is 11.7 Å². The SMILES string of the molecule is COc1cc(C2=NCCN2)ccc1OCC(=O)N(C)C. The van der Waals surface area contributed by atoms with Gasteiger partial charge in [0.15, 0.2) is 18.1 Å². The monoisotopic (exact) mass is 277 g/mol. The van der Waals surface area contributed by atoms with Crippen LogP contribution in [0.2, 0.25) is 0 Å². The van der Waals surface area contributed by atoms with E-state index >= 15 is 0 Å². The summed E-state index contributed by atoms with van der Waals surface area (Å²) in [6.45, 7) is 1.63. The lowest BCUT2D eigenvalue weighted by Crippen LogP contribution is -2.27. The Morgan fingerprint density at radius 2 is 2.20 bits per heavy atom. The summed E-state index contributed by atoms with van der Waals surface area (Å²) in [5.41, 5.74) is 0.950. The van der Waals surface area contributed by atoms with Gasteiger partial charge < -0.3 is 19.7 Å². The average Bonchev–Trinajstić information content (AvgIpc) is 2.98. The Labute approximate surface area is 118 Å². The molecule has 1 aliphatic heterocycles. The summed E-state index contributed by atoms with van der Waals surface area (Å²) in [6.07, 6.45) is 0. The topological polar surface area (TPSA) is 63.2 Å². The van der Waals surface area contributed by atoms with Crippen LogP contribution in [0.5, 0.6) is 11.5 Å². The summed E-state index contributed by atoms with van der Waals surface area (Å²) in [7, 11) is 4.95. The van der Waals surface area contributed by atoms with E-state index in [1.807, 2.05) is 12.1 Å². The lowest BCUT2D eigenvalue weighted by Gasteiger charge is -2.14. The van der Waals surface area contributed by atoms with Crippen LogP contribution in [0.15, 0.2) is 23.2 Å². The van der Waals surface area contributed by atoms with E-state index in [1.54, 1.807) is 27.3 Å². The number of likely N-dealkylation sites (N-methyl/N-ethyl adjacent to an activating group) is 1. The second kappa shape index (κ2) is 6.27. The normalized spacial score (nSPS) is 13.4. The lowest BCUT2D eigenvalue weighted by atomic mass is 10.2. The first kappa shape index (κ1) is 14.2. The number of hydrogen-bond donors (Lipinski definition) is 1. The highest BCUT2D eigenvalue weighted by atomic mass is 16.5. The lowest BCUT2D eigenvalue weighted by molar-refractivity contribution is -0.130. The molecule has 108 valence electrons.